The fraction of sp³-hybridized carbons (Fsp3) is 0.167. The van der Waals surface area contributed by atoms with Gasteiger partial charge < -0.3 is 4.90 Å². The van der Waals surface area contributed by atoms with Gasteiger partial charge in [0, 0.05) is 29.2 Å². The van der Waals surface area contributed by atoms with Crippen LogP contribution in [0.25, 0.3) is 10.4 Å². The molecule has 1 aromatic heterocycles. The van der Waals surface area contributed by atoms with Gasteiger partial charge in [-0.25, -0.2) is 4.39 Å². The first kappa shape index (κ1) is 14.6. The summed E-state index contributed by atoms with van der Waals surface area (Å²) >= 11 is 1.38. The van der Waals surface area contributed by atoms with Crippen molar-refractivity contribution in [3.05, 3.63) is 53.2 Å². The molecule has 0 radical (unpaired) electrons. The summed E-state index contributed by atoms with van der Waals surface area (Å²) in [6.45, 7) is 5.17. The van der Waals surface area contributed by atoms with Crippen LogP contribution < -0.4 is 4.90 Å². The zero-order valence-electron chi connectivity index (χ0n) is 11.9. The number of halogens is 1. The third-order valence-corrected chi connectivity index (χ3v) is 4.92. The second-order valence-corrected chi connectivity index (χ2v) is 6.14. The molecule has 2 nitrogen and oxygen atoms in total. The summed E-state index contributed by atoms with van der Waals surface area (Å²) < 4.78 is 13.7. The molecule has 110 valence electrons. The monoisotopic (exact) mass is 311 g/mol. The smallest absolute Gasteiger partial charge is 0.245 e. The molecular weight excluding hydrogens is 297 g/mol. The van der Waals surface area contributed by atoms with E-state index < -0.39 is 0 Å². The SMILES string of the molecule is C#CC(=O)c1cc2c(s1)-c1ccc(F)cc1N(CC=C)CC2. The van der Waals surface area contributed by atoms with Crippen molar-refractivity contribution < 1.29 is 9.18 Å². The van der Waals surface area contributed by atoms with E-state index in [0.717, 1.165) is 34.7 Å². The van der Waals surface area contributed by atoms with Crippen LogP contribution in [-0.4, -0.2) is 18.9 Å². The van der Waals surface area contributed by atoms with Crippen LogP contribution >= 0.6 is 11.3 Å². The molecule has 0 spiro atoms. The molecule has 0 saturated carbocycles. The average Bonchev–Trinajstić information content (AvgIpc) is 2.89. The Labute approximate surface area is 132 Å². The van der Waals surface area contributed by atoms with Crippen molar-refractivity contribution in [1.29, 1.82) is 0 Å². The first-order valence-electron chi connectivity index (χ1n) is 6.93. The van der Waals surface area contributed by atoms with Gasteiger partial charge in [-0.3, -0.25) is 4.79 Å². The summed E-state index contributed by atoms with van der Waals surface area (Å²) in [5, 5.41) is 0. The number of carbonyl (C=O) groups excluding carboxylic acids is 1. The highest BCUT2D eigenvalue weighted by atomic mass is 32.1. The van der Waals surface area contributed by atoms with Crippen LogP contribution in [0, 0.1) is 18.2 Å². The first-order valence-corrected chi connectivity index (χ1v) is 7.75. The van der Waals surface area contributed by atoms with E-state index in [2.05, 4.69) is 17.4 Å². The Hall–Kier alpha value is -2.38. The number of benzene rings is 1. The predicted molar refractivity (Wildman–Crippen MR) is 89.0 cm³/mol. The van der Waals surface area contributed by atoms with E-state index >= 15 is 0 Å². The van der Waals surface area contributed by atoms with Gasteiger partial charge in [0.1, 0.15) is 5.82 Å². The fourth-order valence-electron chi connectivity index (χ4n) is 2.71. The van der Waals surface area contributed by atoms with Crippen molar-refractivity contribution >= 4 is 22.8 Å². The maximum Gasteiger partial charge on any atom is 0.245 e. The van der Waals surface area contributed by atoms with Crippen LogP contribution in [0.4, 0.5) is 10.1 Å². The molecule has 0 atom stereocenters. The van der Waals surface area contributed by atoms with E-state index in [1.54, 1.807) is 12.1 Å². The lowest BCUT2D eigenvalue weighted by molar-refractivity contribution is 0.106. The molecule has 2 aromatic rings. The summed E-state index contributed by atoms with van der Waals surface area (Å²) in [5.74, 6) is 1.58. The molecule has 0 saturated heterocycles. The number of thiophene rings is 1. The van der Waals surface area contributed by atoms with Crippen LogP contribution in [-0.2, 0) is 6.42 Å². The largest absolute Gasteiger partial charge is 0.367 e. The third kappa shape index (κ3) is 2.44. The number of Topliss-reactive ketones (excluding diaryl/α,β-unsaturated/α-hetero) is 1. The molecule has 0 N–H and O–H groups in total. The zero-order valence-corrected chi connectivity index (χ0v) is 12.8. The molecule has 4 heteroatoms. The summed E-state index contributed by atoms with van der Waals surface area (Å²) in [5.41, 5.74) is 2.86. The Morgan fingerprint density at radius 2 is 2.32 bits per heavy atom. The minimum atomic E-state index is -0.301. The van der Waals surface area contributed by atoms with Gasteiger partial charge in [0.25, 0.3) is 0 Å². The lowest BCUT2D eigenvalue weighted by Crippen LogP contribution is -2.25. The topological polar surface area (TPSA) is 20.3 Å². The number of anilines is 1. The minimum absolute atomic E-state index is 0.271. The van der Waals surface area contributed by atoms with E-state index in [9.17, 15) is 9.18 Å². The Bertz CT molecular complexity index is 800. The van der Waals surface area contributed by atoms with E-state index in [0.29, 0.717) is 11.4 Å². The number of ketones is 1. The molecule has 0 aliphatic carbocycles. The molecule has 2 heterocycles. The number of fused-ring (bicyclic) bond motifs is 3. The van der Waals surface area contributed by atoms with Gasteiger partial charge in [-0.2, -0.15) is 0 Å². The maximum atomic E-state index is 13.7. The number of terminal acetylenes is 1. The zero-order chi connectivity index (χ0) is 15.7. The molecule has 3 rings (SSSR count). The van der Waals surface area contributed by atoms with E-state index in [4.69, 9.17) is 6.42 Å². The van der Waals surface area contributed by atoms with Crippen molar-refractivity contribution in [2.24, 2.45) is 0 Å². The molecular formula is C18H14FNOS. The Kier molecular flexibility index (Phi) is 3.82. The van der Waals surface area contributed by atoms with Crippen molar-refractivity contribution in [3.8, 4) is 22.8 Å². The van der Waals surface area contributed by atoms with Crippen molar-refractivity contribution in [1.82, 2.24) is 0 Å². The molecule has 0 bridgehead atoms. The van der Waals surface area contributed by atoms with Crippen molar-refractivity contribution in [3.63, 3.8) is 0 Å². The number of hydrogen-bond donors (Lipinski definition) is 0. The average molecular weight is 311 g/mol. The highest BCUT2D eigenvalue weighted by Crippen LogP contribution is 2.41. The number of nitrogens with zero attached hydrogens (tertiary/aromatic N) is 1. The molecule has 0 fully saturated rings. The van der Waals surface area contributed by atoms with Gasteiger partial charge in [-0.05, 0) is 42.2 Å². The van der Waals surface area contributed by atoms with Crippen LogP contribution in [0.5, 0.6) is 0 Å². The molecule has 0 unspecified atom stereocenters. The molecule has 1 aromatic carbocycles. The first-order chi connectivity index (χ1) is 10.6. The summed E-state index contributed by atoms with van der Waals surface area (Å²) in [6.07, 6.45) is 7.80. The van der Waals surface area contributed by atoms with Crippen LogP contribution in [0.1, 0.15) is 15.2 Å². The number of carbonyl (C=O) groups is 1. The van der Waals surface area contributed by atoms with Crippen LogP contribution in [0.3, 0.4) is 0 Å². The van der Waals surface area contributed by atoms with Gasteiger partial charge in [-0.1, -0.05) is 6.08 Å². The van der Waals surface area contributed by atoms with Gasteiger partial charge >= 0.3 is 0 Å². The highest BCUT2D eigenvalue weighted by Gasteiger charge is 2.23. The third-order valence-electron chi connectivity index (χ3n) is 3.71. The molecule has 1 aliphatic heterocycles. The summed E-state index contributed by atoms with van der Waals surface area (Å²) in [6, 6.07) is 6.62. The van der Waals surface area contributed by atoms with Gasteiger partial charge in [0.15, 0.2) is 0 Å². The molecule has 0 amide bonds. The Morgan fingerprint density at radius 3 is 3.05 bits per heavy atom. The second-order valence-electron chi connectivity index (χ2n) is 5.08. The quantitative estimate of drug-likeness (QED) is 0.371. The van der Waals surface area contributed by atoms with Gasteiger partial charge in [0.2, 0.25) is 5.78 Å². The normalized spacial score (nSPS) is 12.8. The highest BCUT2D eigenvalue weighted by molar-refractivity contribution is 7.17. The summed E-state index contributed by atoms with van der Waals surface area (Å²) in [4.78, 5) is 15.4. The van der Waals surface area contributed by atoms with Crippen molar-refractivity contribution in [2.75, 3.05) is 18.0 Å². The summed E-state index contributed by atoms with van der Waals surface area (Å²) in [7, 11) is 0. The predicted octanol–water partition coefficient (Wildman–Crippen LogP) is 3.92. The van der Waals surface area contributed by atoms with Gasteiger partial charge in [0.05, 0.1) is 4.88 Å². The van der Waals surface area contributed by atoms with E-state index in [-0.39, 0.29) is 11.6 Å². The Balaban J connectivity index is 2.17. The van der Waals surface area contributed by atoms with E-state index in [1.807, 2.05) is 6.07 Å². The van der Waals surface area contributed by atoms with Gasteiger partial charge in [-0.15, -0.1) is 24.3 Å². The molecule has 1 aliphatic rings. The lowest BCUT2D eigenvalue weighted by atomic mass is 10.1. The number of hydrogen-bond acceptors (Lipinski definition) is 3. The van der Waals surface area contributed by atoms with E-state index in [1.165, 1.54) is 23.5 Å². The Morgan fingerprint density at radius 1 is 1.50 bits per heavy atom. The molecule has 22 heavy (non-hydrogen) atoms. The lowest BCUT2D eigenvalue weighted by Gasteiger charge is -2.23. The standard InChI is InChI=1S/C18H14FNOS/c1-3-8-20-9-7-12-10-17(16(21)4-2)22-18(12)14-6-5-13(19)11-15(14)20/h2-3,5-6,10-11H,1,7-9H2. The fourth-order valence-corrected chi connectivity index (χ4v) is 3.85. The van der Waals surface area contributed by atoms with Crippen molar-refractivity contribution in [2.45, 2.75) is 6.42 Å². The number of rotatable bonds is 3. The second kappa shape index (κ2) is 5.78. The minimum Gasteiger partial charge on any atom is -0.367 e. The van der Waals surface area contributed by atoms with Crippen LogP contribution in [0.15, 0.2) is 36.9 Å². The maximum absolute atomic E-state index is 13.7. The van der Waals surface area contributed by atoms with Crippen LogP contribution in [0.2, 0.25) is 0 Å².